The highest BCUT2D eigenvalue weighted by molar-refractivity contribution is 7.80. The highest BCUT2D eigenvalue weighted by Gasteiger charge is 2.56. The molecule has 1 fully saturated rings. The molecule has 0 aliphatic carbocycles. The van der Waals surface area contributed by atoms with Gasteiger partial charge in [-0.3, -0.25) is 4.90 Å². The fourth-order valence-electron chi connectivity index (χ4n) is 2.06. The van der Waals surface area contributed by atoms with E-state index in [2.05, 4.69) is 19.6 Å². The van der Waals surface area contributed by atoms with Crippen molar-refractivity contribution in [1.82, 2.24) is 4.90 Å². The van der Waals surface area contributed by atoms with E-state index in [9.17, 15) is 18.3 Å². The molecule has 1 rings (SSSR count). The van der Waals surface area contributed by atoms with Gasteiger partial charge in [-0.15, -0.1) is 0 Å². The molecule has 0 aromatic heterocycles. The molecule has 2 unspecified atom stereocenters. The van der Waals surface area contributed by atoms with Gasteiger partial charge in [0.2, 0.25) is 0 Å². The number of nitrogens with zero attached hydrogens (tertiary/aromatic N) is 1. The third-order valence-electron chi connectivity index (χ3n) is 3.41. The minimum atomic E-state index is -4.52. The Kier molecular flexibility index (Phi) is 5.16. The molecule has 1 aliphatic heterocycles. The first kappa shape index (κ1) is 15.1. The average Bonchev–Trinajstić information content (AvgIpc) is 2.58. The first-order chi connectivity index (χ1) is 7.78. The van der Waals surface area contributed by atoms with Crippen LogP contribution in [0.1, 0.15) is 26.2 Å². The van der Waals surface area contributed by atoms with Crippen LogP contribution >= 0.6 is 12.6 Å². The van der Waals surface area contributed by atoms with Crippen molar-refractivity contribution in [3.63, 3.8) is 0 Å². The van der Waals surface area contributed by atoms with Crippen LogP contribution in [-0.2, 0) is 0 Å². The lowest BCUT2D eigenvalue weighted by Gasteiger charge is -2.26. The summed E-state index contributed by atoms with van der Waals surface area (Å²) in [6.07, 6.45) is -2.90. The van der Waals surface area contributed by atoms with E-state index in [0.29, 0.717) is 19.0 Å². The Hall–Kier alpha value is 0.0600. The second kappa shape index (κ2) is 5.80. The molecule has 0 bridgehead atoms. The molecular weight excluding hydrogens is 251 g/mol. The third-order valence-corrected chi connectivity index (χ3v) is 3.67. The van der Waals surface area contributed by atoms with Gasteiger partial charge in [0.1, 0.15) is 0 Å². The van der Waals surface area contributed by atoms with E-state index >= 15 is 0 Å². The summed E-state index contributed by atoms with van der Waals surface area (Å²) in [6, 6.07) is 0. The minimum absolute atomic E-state index is 0.211. The smallest absolute Gasteiger partial charge is 0.379 e. The Morgan fingerprint density at radius 1 is 1.41 bits per heavy atom. The molecule has 6 heteroatoms. The summed E-state index contributed by atoms with van der Waals surface area (Å²) >= 11 is 4.13. The number of β-amino-alcohol motifs (C(OH)–C–C–N with tert-alkyl or cyclic N) is 1. The van der Waals surface area contributed by atoms with Gasteiger partial charge in [-0.25, -0.2) is 0 Å². The van der Waals surface area contributed by atoms with Crippen LogP contribution in [0.3, 0.4) is 0 Å². The van der Waals surface area contributed by atoms with Gasteiger partial charge in [0, 0.05) is 13.1 Å². The lowest BCUT2D eigenvalue weighted by Crippen LogP contribution is -2.47. The number of hydrogen-bond acceptors (Lipinski definition) is 3. The number of rotatable bonds is 5. The summed E-state index contributed by atoms with van der Waals surface area (Å²) in [4.78, 5) is 1.70. The molecule has 17 heavy (non-hydrogen) atoms. The molecule has 1 aliphatic rings. The number of alkyl halides is 3. The van der Waals surface area contributed by atoms with Crippen molar-refractivity contribution in [2.75, 3.05) is 25.4 Å². The van der Waals surface area contributed by atoms with E-state index in [0.717, 1.165) is 18.6 Å². The normalized spacial score (nSPS) is 28.6. The van der Waals surface area contributed by atoms with Crippen LogP contribution in [0, 0.1) is 5.92 Å². The average molecular weight is 271 g/mol. The molecule has 0 saturated carbocycles. The molecule has 2 atom stereocenters. The Bertz CT molecular complexity index is 249. The van der Waals surface area contributed by atoms with Crippen molar-refractivity contribution in [2.24, 2.45) is 5.92 Å². The van der Waals surface area contributed by atoms with Gasteiger partial charge in [-0.1, -0.05) is 6.92 Å². The van der Waals surface area contributed by atoms with Crippen molar-refractivity contribution in [3.05, 3.63) is 0 Å². The standard InChI is InChI=1S/C11H20F3NOS/c1-9(3-7-17)2-5-15-6-4-10(16,8-15)11(12,13)14/h9,16-17H,2-8H2,1H3. The van der Waals surface area contributed by atoms with Crippen LogP contribution in [0.15, 0.2) is 0 Å². The van der Waals surface area contributed by atoms with Crippen LogP contribution in [0.5, 0.6) is 0 Å². The molecule has 0 amide bonds. The Balaban J connectivity index is 2.36. The number of hydrogen-bond donors (Lipinski definition) is 2. The second-order valence-electron chi connectivity index (χ2n) is 4.96. The van der Waals surface area contributed by atoms with Crippen LogP contribution in [0.25, 0.3) is 0 Å². The van der Waals surface area contributed by atoms with Gasteiger partial charge in [0.05, 0.1) is 0 Å². The summed E-state index contributed by atoms with van der Waals surface area (Å²) < 4.78 is 37.7. The second-order valence-corrected chi connectivity index (χ2v) is 5.41. The van der Waals surface area contributed by atoms with Gasteiger partial charge in [0.25, 0.3) is 0 Å². The molecule has 1 heterocycles. The Labute approximate surface area is 106 Å². The van der Waals surface area contributed by atoms with Crippen molar-refractivity contribution >= 4 is 12.6 Å². The predicted octanol–water partition coefficient (Wildman–Crippen LogP) is 2.33. The van der Waals surface area contributed by atoms with Gasteiger partial charge < -0.3 is 5.11 Å². The van der Waals surface area contributed by atoms with Gasteiger partial charge in [-0.05, 0) is 37.5 Å². The van der Waals surface area contributed by atoms with Crippen LogP contribution in [0.4, 0.5) is 13.2 Å². The van der Waals surface area contributed by atoms with Crippen LogP contribution in [-0.4, -0.2) is 47.2 Å². The third kappa shape index (κ3) is 4.03. The first-order valence-corrected chi connectivity index (χ1v) is 6.54. The van der Waals surface area contributed by atoms with Gasteiger partial charge in [-0.2, -0.15) is 25.8 Å². The maximum atomic E-state index is 12.6. The molecule has 1 N–H and O–H groups in total. The zero-order chi connectivity index (χ0) is 13.1. The van der Waals surface area contributed by atoms with Gasteiger partial charge in [0.15, 0.2) is 5.60 Å². The highest BCUT2D eigenvalue weighted by atomic mass is 32.1. The van der Waals surface area contributed by atoms with E-state index < -0.39 is 11.8 Å². The molecule has 1 saturated heterocycles. The van der Waals surface area contributed by atoms with Crippen molar-refractivity contribution in [1.29, 1.82) is 0 Å². The quantitative estimate of drug-likeness (QED) is 0.750. The van der Waals surface area contributed by atoms with Crippen molar-refractivity contribution in [2.45, 2.75) is 38.0 Å². The Morgan fingerprint density at radius 2 is 2.06 bits per heavy atom. The summed E-state index contributed by atoms with van der Waals surface area (Å²) in [6.45, 7) is 2.73. The minimum Gasteiger partial charge on any atom is -0.379 e. The molecule has 0 spiro atoms. The fraction of sp³-hybridized carbons (Fsp3) is 1.00. The van der Waals surface area contributed by atoms with Gasteiger partial charge >= 0.3 is 6.18 Å². The SMILES string of the molecule is CC(CCS)CCN1CCC(O)(C(F)(F)F)C1. The number of likely N-dealkylation sites (tertiary alicyclic amines) is 1. The molecule has 102 valence electrons. The van der Waals surface area contributed by atoms with E-state index in [-0.39, 0.29) is 13.0 Å². The summed E-state index contributed by atoms with van der Waals surface area (Å²) in [5.41, 5.74) is -2.50. The summed E-state index contributed by atoms with van der Waals surface area (Å²) in [5.74, 6) is 1.26. The monoisotopic (exact) mass is 271 g/mol. The zero-order valence-corrected chi connectivity index (χ0v) is 10.9. The molecule has 2 nitrogen and oxygen atoms in total. The summed E-state index contributed by atoms with van der Waals surface area (Å²) in [7, 11) is 0. The Morgan fingerprint density at radius 3 is 2.53 bits per heavy atom. The fourth-order valence-corrected chi connectivity index (χ4v) is 2.50. The summed E-state index contributed by atoms with van der Waals surface area (Å²) in [5, 5.41) is 9.49. The molecule has 0 aromatic carbocycles. The van der Waals surface area contributed by atoms with Crippen LogP contribution < -0.4 is 0 Å². The largest absolute Gasteiger partial charge is 0.418 e. The predicted molar refractivity (Wildman–Crippen MR) is 64.3 cm³/mol. The molecular formula is C11H20F3NOS. The van der Waals surface area contributed by atoms with Crippen molar-refractivity contribution in [3.8, 4) is 0 Å². The van der Waals surface area contributed by atoms with E-state index in [1.807, 2.05) is 0 Å². The number of aliphatic hydroxyl groups is 1. The number of thiol groups is 1. The first-order valence-electron chi connectivity index (χ1n) is 5.91. The maximum absolute atomic E-state index is 12.6. The maximum Gasteiger partial charge on any atom is 0.418 e. The van der Waals surface area contributed by atoms with Crippen LogP contribution in [0.2, 0.25) is 0 Å². The lowest BCUT2D eigenvalue weighted by molar-refractivity contribution is -0.253. The van der Waals surface area contributed by atoms with E-state index in [1.165, 1.54) is 0 Å². The van der Waals surface area contributed by atoms with Crippen molar-refractivity contribution < 1.29 is 18.3 Å². The topological polar surface area (TPSA) is 23.5 Å². The van der Waals surface area contributed by atoms with E-state index in [1.54, 1.807) is 4.90 Å². The highest BCUT2D eigenvalue weighted by Crippen LogP contribution is 2.37. The molecule has 0 radical (unpaired) electrons. The van der Waals surface area contributed by atoms with E-state index in [4.69, 9.17) is 0 Å². The zero-order valence-electron chi connectivity index (χ0n) is 10.0. The number of halogens is 3. The lowest BCUT2D eigenvalue weighted by atomic mass is 10.0. The molecule has 0 aromatic rings.